The van der Waals surface area contributed by atoms with Gasteiger partial charge >= 0.3 is 0 Å². The first kappa shape index (κ1) is 20.2. The first-order valence-corrected chi connectivity index (χ1v) is 8.48. The second-order valence-corrected chi connectivity index (χ2v) is 7.62. The standard InChI is InChI=1S/C17H31N2.2HI/c1-4-16(5-2)18-9-10-19(3)12-15-8-6-7-14-11-17(14,15)13-19;;/h7,15-16,18H,4-6,8-13H2,1-3H3;2*1H/q+1;;/p-1. The Labute approximate surface area is 165 Å². The fourth-order valence-corrected chi connectivity index (χ4v) is 4.96. The van der Waals surface area contributed by atoms with Gasteiger partial charge in [-0.15, -0.1) is 0 Å². The van der Waals surface area contributed by atoms with Crippen molar-refractivity contribution in [2.24, 2.45) is 11.3 Å². The Kier molecular flexibility index (Phi) is 7.48. The van der Waals surface area contributed by atoms with Crippen LogP contribution in [-0.4, -0.2) is 43.8 Å². The molecule has 1 saturated heterocycles. The van der Waals surface area contributed by atoms with Crippen LogP contribution in [-0.2, 0) is 0 Å². The number of allylic oxidation sites excluding steroid dienone is 1. The molecule has 2 nitrogen and oxygen atoms in total. The minimum Gasteiger partial charge on any atom is -1.00 e. The molecule has 2 aliphatic carbocycles. The normalized spacial score (nSPS) is 36.2. The molecule has 0 bridgehead atoms. The van der Waals surface area contributed by atoms with E-state index in [9.17, 15) is 0 Å². The molecule has 1 saturated carbocycles. The summed E-state index contributed by atoms with van der Waals surface area (Å²) in [6, 6.07) is 0.853. The molecule has 4 heteroatoms. The van der Waals surface area contributed by atoms with E-state index < -0.39 is 0 Å². The van der Waals surface area contributed by atoms with E-state index in [0.29, 0.717) is 5.41 Å². The first-order chi connectivity index (χ1) is 9.12. The predicted octanol–water partition coefficient (Wildman–Crippen LogP) is -4.07. The highest BCUT2D eigenvalue weighted by Crippen LogP contribution is 2.65. The molecule has 2 fully saturated rings. The quantitative estimate of drug-likeness (QED) is 0.210. The first-order valence-electron chi connectivity index (χ1n) is 8.48. The number of likely N-dealkylation sites (tertiary alicyclic amines) is 1. The highest BCUT2D eigenvalue weighted by Gasteiger charge is 2.65. The van der Waals surface area contributed by atoms with Gasteiger partial charge in [0.1, 0.15) is 13.1 Å². The summed E-state index contributed by atoms with van der Waals surface area (Å²) in [5, 5.41) is 2.60. The van der Waals surface area contributed by atoms with Crippen molar-refractivity contribution in [3.8, 4) is 0 Å². The van der Waals surface area contributed by atoms with Gasteiger partial charge in [0, 0.05) is 5.92 Å². The van der Waals surface area contributed by atoms with Crippen LogP contribution in [0.5, 0.6) is 0 Å². The second kappa shape index (κ2) is 7.79. The molecule has 1 aliphatic heterocycles. The zero-order valence-electron chi connectivity index (χ0n) is 13.9. The zero-order chi connectivity index (χ0) is 13.5. The fraction of sp³-hybridized carbons (Fsp3) is 0.882. The van der Waals surface area contributed by atoms with Gasteiger partial charge in [0.05, 0.1) is 31.6 Å². The topological polar surface area (TPSA) is 16.6 Å². The maximum absolute atomic E-state index is 2.60. The Hall–Kier alpha value is 1.12. The molecular weight excluding hydrogens is 486 g/mol. The highest BCUT2D eigenvalue weighted by atomic mass is 127. The molecule has 0 amide bonds. The molecule has 0 aromatic rings. The van der Waals surface area contributed by atoms with Gasteiger partial charge in [-0.1, -0.05) is 25.5 Å². The smallest absolute Gasteiger partial charge is 0.128 e. The van der Waals surface area contributed by atoms with E-state index in [0.717, 1.165) is 12.0 Å². The number of likely N-dealkylation sites (N-methyl/N-ethyl adjacent to an activating group) is 1. The number of rotatable bonds is 6. The molecule has 3 aliphatic rings. The van der Waals surface area contributed by atoms with Crippen LogP contribution in [0.1, 0.15) is 46.0 Å². The van der Waals surface area contributed by atoms with Crippen LogP contribution in [0.15, 0.2) is 11.6 Å². The van der Waals surface area contributed by atoms with E-state index in [1.807, 2.05) is 5.57 Å². The third kappa shape index (κ3) is 3.97. The molecule has 1 heterocycles. The van der Waals surface area contributed by atoms with Crippen LogP contribution in [0.4, 0.5) is 0 Å². The van der Waals surface area contributed by atoms with Gasteiger partial charge in [0.25, 0.3) is 0 Å². The van der Waals surface area contributed by atoms with Crippen molar-refractivity contribution in [1.82, 2.24) is 0 Å². The van der Waals surface area contributed by atoms with Crippen molar-refractivity contribution in [1.29, 1.82) is 0 Å². The summed E-state index contributed by atoms with van der Waals surface area (Å²) in [5.41, 5.74) is 2.52. The van der Waals surface area contributed by atoms with E-state index in [4.69, 9.17) is 0 Å². The fourth-order valence-electron chi connectivity index (χ4n) is 4.96. The lowest BCUT2D eigenvalue weighted by Crippen LogP contribution is -3.00. The number of hydrogen-bond acceptors (Lipinski definition) is 0. The molecule has 3 atom stereocenters. The van der Waals surface area contributed by atoms with E-state index in [2.05, 4.69) is 32.3 Å². The van der Waals surface area contributed by atoms with Gasteiger partial charge in [0.2, 0.25) is 0 Å². The maximum Gasteiger partial charge on any atom is 0.128 e. The SMILES string of the molecule is CCC(CC)[NH2+]CC[N+]1(C)CC2CCC=C3CC32C1.[I-].[I-]. The average molecular weight is 518 g/mol. The molecular formula is C17H32I2N2. The van der Waals surface area contributed by atoms with E-state index in [1.54, 1.807) is 0 Å². The number of hydrogen-bond donors (Lipinski definition) is 1. The molecule has 3 unspecified atom stereocenters. The molecule has 124 valence electrons. The van der Waals surface area contributed by atoms with Crippen molar-refractivity contribution in [2.75, 3.05) is 33.2 Å². The Morgan fingerprint density at radius 3 is 2.67 bits per heavy atom. The molecule has 2 N–H and O–H groups in total. The summed E-state index contributed by atoms with van der Waals surface area (Å²) in [4.78, 5) is 0. The van der Waals surface area contributed by atoms with E-state index >= 15 is 0 Å². The van der Waals surface area contributed by atoms with Crippen molar-refractivity contribution in [3.05, 3.63) is 11.6 Å². The van der Waals surface area contributed by atoms with Crippen LogP contribution in [0.25, 0.3) is 0 Å². The van der Waals surface area contributed by atoms with Gasteiger partial charge in [0.15, 0.2) is 0 Å². The van der Waals surface area contributed by atoms with Crippen LogP contribution in [0.3, 0.4) is 0 Å². The summed E-state index contributed by atoms with van der Waals surface area (Å²) in [6.45, 7) is 10.2. The summed E-state index contributed by atoms with van der Waals surface area (Å²) in [6.07, 6.45) is 9.47. The summed E-state index contributed by atoms with van der Waals surface area (Å²) < 4.78 is 1.35. The lowest BCUT2D eigenvalue weighted by Gasteiger charge is -2.29. The zero-order valence-corrected chi connectivity index (χ0v) is 18.2. The van der Waals surface area contributed by atoms with Crippen molar-refractivity contribution >= 4 is 0 Å². The van der Waals surface area contributed by atoms with Crippen molar-refractivity contribution < 1.29 is 57.8 Å². The Bertz CT molecular complexity index is 381. The van der Waals surface area contributed by atoms with Crippen LogP contribution in [0, 0.1) is 11.3 Å². The molecule has 0 aromatic heterocycles. The van der Waals surface area contributed by atoms with Gasteiger partial charge < -0.3 is 57.8 Å². The molecule has 1 spiro atoms. The number of nitrogens with two attached hydrogens (primary N) is 1. The van der Waals surface area contributed by atoms with Crippen molar-refractivity contribution in [2.45, 2.75) is 52.0 Å². The largest absolute Gasteiger partial charge is 1.00 e. The van der Waals surface area contributed by atoms with Crippen LogP contribution in [0.2, 0.25) is 0 Å². The third-order valence-corrected chi connectivity index (χ3v) is 6.25. The minimum absolute atomic E-state index is 0. The van der Waals surface area contributed by atoms with Gasteiger partial charge in [-0.2, -0.15) is 0 Å². The monoisotopic (exact) mass is 518 g/mol. The lowest BCUT2D eigenvalue weighted by atomic mass is 9.85. The lowest BCUT2D eigenvalue weighted by molar-refractivity contribution is -0.914. The maximum atomic E-state index is 2.60. The predicted molar refractivity (Wildman–Crippen MR) is 79.8 cm³/mol. The van der Waals surface area contributed by atoms with Gasteiger partial charge in [-0.25, -0.2) is 0 Å². The number of halogens is 2. The van der Waals surface area contributed by atoms with E-state index in [1.165, 1.54) is 62.8 Å². The van der Waals surface area contributed by atoms with Crippen LogP contribution < -0.4 is 53.3 Å². The number of nitrogens with zero attached hydrogens (tertiary/aromatic N) is 1. The Morgan fingerprint density at radius 2 is 2.05 bits per heavy atom. The Morgan fingerprint density at radius 1 is 1.33 bits per heavy atom. The average Bonchev–Trinajstić information content (AvgIpc) is 3.01. The summed E-state index contributed by atoms with van der Waals surface area (Å²) in [7, 11) is 2.52. The molecule has 21 heavy (non-hydrogen) atoms. The van der Waals surface area contributed by atoms with Gasteiger partial charge in [-0.05, 0) is 32.1 Å². The number of quaternary nitrogens is 2. The van der Waals surface area contributed by atoms with Crippen LogP contribution >= 0.6 is 0 Å². The van der Waals surface area contributed by atoms with E-state index in [-0.39, 0.29) is 48.0 Å². The Balaban J connectivity index is 0.00000110. The minimum atomic E-state index is 0. The molecule has 3 rings (SSSR count). The van der Waals surface area contributed by atoms with Gasteiger partial charge in [-0.3, -0.25) is 0 Å². The second-order valence-electron chi connectivity index (χ2n) is 7.62. The highest BCUT2D eigenvalue weighted by molar-refractivity contribution is 5.37. The summed E-state index contributed by atoms with van der Waals surface area (Å²) in [5.74, 6) is 1.02. The third-order valence-electron chi connectivity index (χ3n) is 6.25. The molecule has 0 aromatic carbocycles. The molecule has 0 radical (unpaired) electrons. The summed E-state index contributed by atoms with van der Waals surface area (Å²) >= 11 is 0. The van der Waals surface area contributed by atoms with Crippen molar-refractivity contribution in [3.63, 3.8) is 0 Å².